The van der Waals surface area contributed by atoms with E-state index in [0.29, 0.717) is 12.5 Å². The molecule has 1 aromatic heterocycles. The number of amides is 1. The van der Waals surface area contributed by atoms with Gasteiger partial charge in [0.05, 0.1) is 0 Å². The maximum atomic E-state index is 11.5. The lowest BCUT2D eigenvalue weighted by molar-refractivity contribution is 0.0527. The molecule has 0 aliphatic rings. The summed E-state index contributed by atoms with van der Waals surface area (Å²) in [6.07, 6.45) is 0.412. The van der Waals surface area contributed by atoms with Crippen LogP contribution in [-0.2, 0) is 4.74 Å². The average molecular weight is 482 g/mol. The first kappa shape index (κ1) is 24.0. The van der Waals surface area contributed by atoms with Gasteiger partial charge in [-0.1, -0.05) is 13.0 Å². The molecule has 25 heavy (non-hydrogen) atoms. The second-order valence-electron chi connectivity index (χ2n) is 6.58. The van der Waals surface area contributed by atoms with E-state index in [1.807, 2.05) is 20.8 Å². The third kappa shape index (κ3) is 11.2. The standard InChI is InChI=1S/C17H30N4O2S.HI/c1-13(14-8-6-11-24-14)12-21-15(18-5)19-9-7-10-20-16(22)23-17(2,3)4;/h6,8,11,13H,7,9-10,12H2,1-5H3,(H,20,22)(H2,18,19,21);1H. The number of alkyl carbamates (subject to hydrolysis) is 1. The summed E-state index contributed by atoms with van der Waals surface area (Å²) < 4.78 is 5.18. The minimum absolute atomic E-state index is 0. The van der Waals surface area contributed by atoms with Crippen LogP contribution in [0.5, 0.6) is 0 Å². The van der Waals surface area contributed by atoms with Crippen molar-refractivity contribution in [1.29, 1.82) is 0 Å². The molecule has 0 fully saturated rings. The smallest absolute Gasteiger partial charge is 0.407 e. The van der Waals surface area contributed by atoms with Gasteiger partial charge in [0.1, 0.15) is 5.60 Å². The van der Waals surface area contributed by atoms with E-state index in [0.717, 1.165) is 25.5 Å². The van der Waals surface area contributed by atoms with Crippen molar-refractivity contribution in [3.63, 3.8) is 0 Å². The van der Waals surface area contributed by atoms with Gasteiger partial charge in [0, 0.05) is 37.5 Å². The molecule has 144 valence electrons. The van der Waals surface area contributed by atoms with Crippen LogP contribution in [0.4, 0.5) is 4.79 Å². The van der Waals surface area contributed by atoms with E-state index in [1.54, 1.807) is 18.4 Å². The summed E-state index contributed by atoms with van der Waals surface area (Å²) in [5, 5.41) is 11.4. The lowest BCUT2D eigenvalue weighted by atomic mass is 10.1. The number of thiophene rings is 1. The number of guanidine groups is 1. The normalized spacial score (nSPS) is 12.8. The van der Waals surface area contributed by atoms with Gasteiger partial charge in [-0.15, -0.1) is 35.3 Å². The Morgan fingerprint density at radius 2 is 1.96 bits per heavy atom. The number of carbonyl (C=O) groups excluding carboxylic acids is 1. The molecule has 0 bridgehead atoms. The van der Waals surface area contributed by atoms with Crippen LogP contribution in [0, 0.1) is 0 Å². The van der Waals surface area contributed by atoms with E-state index in [9.17, 15) is 4.79 Å². The Balaban J connectivity index is 0.00000576. The van der Waals surface area contributed by atoms with Gasteiger partial charge in [-0.05, 0) is 38.6 Å². The third-order valence-corrected chi connectivity index (χ3v) is 4.25. The van der Waals surface area contributed by atoms with Crippen LogP contribution in [0.1, 0.15) is 44.9 Å². The topological polar surface area (TPSA) is 74.8 Å². The highest BCUT2D eigenvalue weighted by Gasteiger charge is 2.15. The number of nitrogens with one attached hydrogen (secondary N) is 3. The largest absolute Gasteiger partial charge is 0.444 e. The number of hydrogen-bond donors (Lipinski definition) is 3. The second kappa shape index (κ2) is 12.3. The quantitative estimate of drug-likeness (QED) is 0.241. The van der Waals surface area contributed by atoms with E-state index in [4.69, 9.17) is 4.74 Å². The van der Waals surface area contributed by atoms with Crippen molar-refractivity contribution < 1.29 is 9.53 Å². The molecule has 1 aromatic rings. The summed E-state index contributed by atoms with van der Waals surface area (Å²) in [5.41, 5.74) is -0.465. The molecule has 0 saturated heterocycles. The van der Waals surface area contributed by atoms with Crippen molar-refractivity contribution in [3.8, 4) is 0 Å². The molecule has 0 aromatic carbocycles. The van der Waals surface area contributed by atoms with Gasteiger partial charge in [-0.2, -0.15) is 0 Å². The molecule has 1 atom stereocenters. The molecule has 0 spiro atoms. The fraction of sp³-hybridized carbons (Fsp3) is 0.647. The maximum absolute atomic E-state index is 11.5. The van der Waals surface area contributed by atoms with Crippen molar-refractivity contribution in [3.05, 3.63) is 22.4 Å². The van der Waals surface area contributed by atoms with Crippen molar-refractivity contribution in [1.82, 2.24) is 16.0 Å². The van der Waals surface area contributed by atoms with Crippen molar-refractivity contribution in [2.45, 2.75) is 45.6 Å². The molecule has 0 aliphatic carbocycles. The lowest BCUT2D eigenvalue weighted by Gasteiger charge is -2.19. The molecule has 0 radical (unpaired) electrons. The first-order valence-corrected chi connectivity index (χ1v) is 9.14. The summed E-state index contributed by atoms with van der Waals surface area (Å²) >= 11 is 1.77. The Bertz CT molecular complexity index is 515. The zero-order valence-corrected chi connectivity index (χ0v) is 18.9. The molecule has 0 aliphatic heterocycles. The molecule has 1 unspecified atom stereocenters. The molecule has 3 N–H and O–H groups in total. The summed E-state index contributed by atoms with van der Waals surface area (Å²) in [6, 6.07) is 4.22. The minimum atomic E-state index is -0.465. The van der Waals surface area contributed by atoms with Crippen molar-refractivity contribution in [2.75, 3.05) is 26.7 Å². The van der Waals surface area contributed by atoms with E-state index in [1.165, 1.54) is 4.88 Å². The third-order valence-electron chi connectivity index (χ3n) is 3.14. The molecular weight excluding hydrogens is 451 g/mol. The number of rotatable bonds is 7. The predicted molar refractivity (Wildman–Crippen MR) is 116 cm³/mol. The Morgan fingerprint density at radius 1 is 1.28 bits per heavy atom. The number of aliphatic imine (C=N–C) groups is 1. The number of halogens is 1. The average Bonchev–Trinajstić information content (AvgIpc) is 3.02. The van der Waals surface area contributed by atoms with Crippen LogP contribution in [-0.4, -0.2) is 44.3 Å². The Morgan fingerprint density at radius 3 is 2.52 bits per heavy atom. The highest BCUT2D eigenvalue weighted by Crippen LogP contribution is 2.19. The molecular formula is C17H31IN4O2S. The fourth-order valence-electron chi connectivity index (χ4n) is 1.94. The van der Waals surface area contributed by atoms with E-state index >= 15 is 0 Å². The van der Waals surface area contributed by atoms with Crippen LogP contribution in [0.15, 0.2) is 22.5 Å². The predicted octanol–water partition coefficient (Wildman–Crippen LogP) is 3.55. The van der Waals surface area contributed by atoms with Crippen LogP contribution < -0.4 is 16.0 Å². The highest BCUT2D eigenvalue weighted by atomic mass is 127. The lowest BCUT2D eigenvalue weighted by Crippen LogP contribution is -2.40. The highest BCUT2D eigenvalue weighted by molar-refractivity contribution is 14.0. The van der Waals surface area contributed by atoms with E-state index in [2.05, 4.69) is 45.4 Å². The molecule has 1 rings (SSSR count). The number of carbonyl (C=O) groups is 1. The van der Waals surface area contributed by atoms with Crippen molar-refractivity contribution >= 4 is 47.4 Å². The number of nitrogens with zero attached hydrogens (tertiary/aromatic N) is 1. The molecule has 6 nitrogen and oxygen atoms in total. The van der Waals surface area contributed by atoms with Crippen molar-refractivity contribution in [2.24, 2.45) is 4.99 Å². The summed E-state index contributed by atoms with van der Waals surface area (Å²) in [5.74, 6) is 1.22. The minimum Gasteiger partial charge on any atom is -0.444 e. The van der Waals surface area contributed by atoms with Crippen LogP contribution in [0.3, 0.4) is 0 Å². The van der Waals surface area contributed by atoms with E-state index < -0.39 is 5.60 Å². The van der Waals surface area contributed by atoms with Gasteiger partial charge in [0.25, 0.3) is 0 Å². The zero-order valence-electron chi connectivity index (χ0n) is 15.7. The monoisotopic (exact) mass is 482 g/mol. The van der Waals surface area contributed by atoms with Gasteiger partial charge >= 0.3 is 6.09 Å². The maximum Gasteiger partial charge on any atom is 0.407 e. The first-order valence-electron chi connectivity index (χ1n) is 8.26. The van der Waals surface area contributed by atoms with Crippen LogP contribution in [0.25, 0.3) is 0 Å². The first-order chi connectivity index (χ1) is 11.3. The Labute approximate surface area is 172 Å². The zero-order chi connectivity index (χ0) is 18.0. The number of hydrogen-bond acceptors (Lipinski definition) is 4. The SMILES string of the molecule is CN=C(NCCCNC(=O)OC(C)(C)C)NCC(C)c1cccs1.I. The second-order valence-corrected chi connectivity index (χ2v) is 7.56. The Hall–Kier alpha value is -1.03. The molecule has 1 heterocycles. The Kier molecular flexibility index (Phi) is 11.8. The van der Waals surface area contributed by atoms with Crippen LogP contribution >= 0.6 is 35.3 Å². The van der Waals surface area contributed by atoms with Gasteiger partial charge in [-0.3, -0.25) is 4.99 Å². The number of ether oxygens (including phenoxy) is 1. The van der Waals surface area contributed by atoms with Gasteiger partial charge in [0.15, 0.2) is 5.96 Å². The summed E-state index contributed by atoms with van der Waals surface area (Å²) in [4.78, 5) is 17.1. The summed E-state index contributed by atoms with van der Waals surface area (Å²) in [6.45, 7) is 9.85. The fourth-order valence-corrected chi connectivity index (χ4v) is 2.73. The molecule has 1 amide bonds. The van der Waals surface area contributed by atoms with Crippen LogP contribution in [0.2, 0.25) is 0 Å². The molecule has 0 saturated carbocycles. The summed E-state index contributed by atoms with van der Waals surface area (Å²) in [7, 11) is 1.75. The van der Waals surface area contributed by atoms with Gasteiger partial charge in [0.2, 0.25) is 0 Å². The molecule has 8 heteroatoms. The van der Waals surface area contributed by atoms with E-state index in [-0.39, 0.29) is 30.1 Å². The van der Waals surface area contributed by atoms with Gasteiger partial charge in [-0.25, -0.2) is 4.79 Å². The van der Waals surface area contributed by atoms with Gasteiger partial charge < -0.3 is 20.7 Å².